The minimum Gasteiger partial charge on any atom is -0.454 e. The zero-order valence-corrected chi connectivity index (χ0v) is 22.3. The molecule has 1 saturated carbocycles. The van der Waals surface area contributed by atoms with Crippen LogP contribution >= 0.6 is 0 Å². The Bertz CT molecular complexity index is 924. The van der Waals surface area contributed by atoms with Crippen molar-refractivity contribution in [2.75, 3.05) is 6.61 Å². The molecule has 0 bridgehead atoms. The van der Waals surface area contributed by atoms with E-state index in [0.717, 1.165) is 19.8 Å². The van der Waals surface area contributed by atoms with Crippen molar-refractivity contribution < 1.29 is 64.4 Å². The van der Waals surface area contributed by atoms with E-state index in [1.807, 2.05) is 0 Å². The zero-order chi connectivity index (χ0) is 29.2. The highest BCUT2D eigenvalue weighted by atomic mass is 19.4. The highest BCUT2D eigenvalue weighted by Crippen LogP contribution is 2.51. The average molecular weight is 577 g/mol. The summed E-state index contributed by atoms with van der Waals surface area (Å²) in [5.74, 6) is -2.58. The second kappa shape index (κ2) is 10.0. The van der Waals surface area contributed by atoms with Gasteiger partial charge in [-0.05, 0) is 37.5 Å². The molecule has 6 unspecified atom stereocenters. The average Bonchev–Trinajstić information content (AvgIpc) is 3.39. The summed E-state index contributed by atoms with van der Waals surface area (Å²) in [6, 6.07) is 0. The summed E-state index contributed by atoms with van der Waals surface area (Å²) in [6.45, 7) is 7.73. The quantitative estimate of drug-likeness (QED) is 0.329. The molecule has 3 saturated heterocycles. The summed E-state index contributed by atoms with van der Waals surface area (Å²) >= 11 is 0. The van der Waals surface area contributed by atoms with Crippen molar-refractivity contribution >= 4 is 11.9 Å². The second-order valence-corrected chi connectivity index (χ2v) is 12.1. The lowest BCUT2D eigenvalue weighted by Crippen LogP contribution is -2.48. The van der Waals surface area contributed by atoms with Gasteiger partial charge < -0.3 is 28.4 Å². The minimum atomic E-state index is -5.74. The Kier molecular flexibility index (Phi) is 7.79. The third-order valence-corrected chi connectivity index (χ3v) is 8.31. The van der Waals surface area contributed by atoms with Gasteiger partial charge in [-0.3, -0.25) is 4.79 Å². The topological polar surface area (TPSA) is 89.5 Å². The molecule has 4 fully saturated rings. The lowest BCUT2D eigenvalue weighted by Gasteiger charge is -2.41. The number of hydrogen-bond acceptors (Lipinski definition) is 8. The summed E-state index contributed by atoms with van der Waals surface area (Å²) in [5.41, 5.74) is -1.79. The fourth-order valence-electron chi connectivity index (χ4n) is 5.55. The Morgan fingerprint density at radius 3 is 2.08 bits per heavy atom. The summed E-state index contributed by atoms with van der Waals surface area (Å²) in [5, 5.41) is 0. The van der Waals surface area contributed by atoms with Gasteiger partial charge in [0.05, 0.1) is 12.0 Å². The molecule has 3 heterocycles. The predicted molar refractivity (Wildman–Crippen MR) is 119 cm³/mol. The second-order valence-electron chi connectivity index (χ2n) is 12.1. The van der Waals surface area contributed by atoms with Crippen molar-refractivity contribution in [3.8, 4) is 0 Å². The largest absolute Gasteiger partial charge is 0.454 e. The van der Waals surface area contributed by atoms with Crippen LogP contribution < -0.4 is 0 Å². The van der Waals surface area contributed by atoms with Gasteiger partial charge in [-0.25, -0.2) is 4.79 Å². The number of esters is 2. The van der Waals surface area contributed by atoms with Gasteiger partial charge in [0.15, 0.2) is 24.3 Å². The molecule has 0 amide bonds. The van der Waals surface area contributed by atoms with Crippen molar-refractivity contribution in [2.45, 2.75) is 122 Å². The van der Waals surface area contributed by atoms with E-state index >= 15 is 0 Å². The number of carbonyl (C=O) groups excluding carboxylic acids is 2. The molecule has 4 aliphatic rings. The maximum Gasteiger partial charge on any atom is 0.423 e. The Hall–Kier alpha value is -1.64. The standard InChI is InChI=1S/C25H34F6O8/c1-6-22(5,11-34-19(24(26,27)28)25(29,30)31)20(33)37-15-13-14(35-17(15)32)16-18(36-13)39-23(38-16)9-7-12(8-10-23)21(2,3)4/h12-16,18-19H,6-11H2,1-5H3. The fourth-order valence-corrected chi connectivity index (χ4v) is 5.55. The van der Waals surface area contributed by atoms with Gasteiger partial charge in [0.2, 0.25) is 12.2 Å². The van der Waals surface area contributed by atoms with E-state index in [9.17, 15) is 35.9 Å². The number of carbonyl (C=O) groups is 2. The molecule has 0 N–H and O–H groups in total. The van der Waals surface area contributed by atoms with E-state index in [2.05, 4.69) is 25.5 Å². The number of alkyl halides is 6. The van der Waals surface area contributed by atoms with Crippen molar-refractivity contribution in [1.29, 1.82) is 0 Å². The third-order valence-electron chi connectivity index (χ3n) is 8.31. The predicted octanol–water partition coefficient (Wildman–Crippen LogP) is 4.82. The SMILES string of the molecule is CCC(C)(COC(C(F)(F)F)C(F)(F)F)C(=O)OC1C(=O)OC2C3OC4(CCC(C(C)(C)C)CC4)OC3OC12. The van der Waals surface area contributed by atoms with Crippen LogP contribution in [0.1, 0.15) is 66.7 Å². The Balaban J connectivity index is 1.38. The maximum atomic E-state index is 12.9. The molecule has 0 aromatic carbocycles. The van der Waals surface area contributed by atoms with Crippen LogP contribution in [0, 0.1) is 16.7 Å². The molecule has 4 rings (SSSR count). The van der Waals surface area contributed by atoms with Crippen LogP contribution in [0.15, 0.2) is 0 Å². The van der Waals surface area contributed by atoms with Gasteiger partial charge in [-0.1, -0.05) is 27.7 Å². The van der Waals surface area contributed by atoms with Gasteiger partial charge in [0.25, 0.3) is 0 Å². The van der Waals surface area contributed by atoms with Crippen molar-refractivity contribution in [3.63, 3.8) is 0 Å². The maximum absolute atomic E-state index is 12.9. The number of fused-ring (bicyclic) bond motifs is 3. The molecule has 224 valence electrons. The van der Waals surface area contributed by atoms with Crippen molar-refractivity contribution in [1.82, 2.24) is 0 Å². The molecule has 0 aromatic heterocycles. The molecule has 6 atom stereocenters. The Morgan fingerprint density at radius 1 is 0.974 bits per heavy atom. The summed E-state index contributed by atoms with van der Waals surface area (Å²) in [6.07, 6.45) is -18.1. The van der Waals surface area contributed by atoms with E-state index in [1.54, 1.807) is 0 Å². The lowest BCUT2D eigenvalue weighted by atomic mass is 9.71. The van der Waals surface area contributed by atoms with E-state index in [4.69, 9.17) is 23.7 Å². The van der Waals surface area contributed by atoms with Crippen LogP contribution in [0.5, 0.6) is 0 Å². The molecule has 39 heavy (non-hydrogen) atoms. The van der Waals surface area contributed by atoms with Gasteiger partial charge >= 0.3 is 24.3 Å². The molecular formula is C25H34F6O8. The van der Waals surface area contributed by atoms with Crippen LogP contribution in [0.3, 0.4) is 0 Å². The number of hydrogen-bond donors (Lipinski definition) is 0. The first kappa shape index (κ1) is 30.3. The first-order valence-electron chi connectivity index (χ1n) is 13.0. The molecule has 0 radical (unpaired) electrons. The summed E-state index contributed by atoms with van der Waals surface area (Å²) in [7, 11) is 0. The van der Waals surface area contributed by atoms with E-state index in [-0.39, 0.29) is 11.8 Å². The van der Waals surface area contributed by atoms with Crippen LogP contribution in [-0.4, -0.2) is 73.5 Å². The number of halogens is 6. The summed E-state index contributed by atoms with van der Waals surface area (Å²) < 4.78 is 110. The molecular weight excluding hydrogens is 542 g/mol. The molecule has 8 nitrogen and oxygen atoms in total. The molecule has 14 heteroatoms. The van der Waals surface area contributed by atoms with Crippen molar-refractivity contribution in [3.05, 3.63) is 0 Å². The van der Waals surface area contributed by atoms with Crippen molar-refractivity contribution in [2.24, 2.45) is 16.7 Å². The highest BCUT2D eigenvalue weighted by molar-refractivity contribution is 5.84. The van der Waals surface area contributed by atoms with E-state index in [1.165, 1.54) is 6.92 Å². The third kappa shape index (κ3) is 5.89. The van der Waals surface area contributed by atoms with Crippen LogP contribution in [0.2, 0.25) is 0 Å². The van der Waals surface area contributed by atoms with Gasteiger partial charge in [-0.15, -0.1) is 0 Å². The molecule has 3 aliphatic heterocycles. The number of rotatable bonds is 6. The fraction of sp³-hybridized carbons (Fsp3) is 0.920. The van der Waals surface area contributed by atoms with Crippen LogP contribution in [-0.2, 0) is 38.0 Å². The number of ether oxygens (including phenoxy) is 6. The normalized spacial score (nSPS) is 36.6. The molecule has 1 aliphatic carbocycles. The zero-order valence-electron chi connectivity index (χ0n) is 22.3. The molecule has 1 spiro atoms. The van der Waals surface area contributed by atoms with Gasteiger partial charge in [0, 0.05) is 12.8 Å². The van der Waals surface area contributed by atoms with Gasteiger partial charge in [-0.2, -0.15) is 26.3 Å². The first-order chi connectivity index (χ1) is 17.8. The monoisotopic (exact) mass is 576 g/mol. The Labute approximate surface area is 221 Å². The highest BCUT2D eigenvalue weighted by Gasteiger charge is 2.66. The minimum absolute atomic E-state index is 0.133. The van der Waals surface area contributed by atoms with E-state index < -0.39 is 78.9 Å². The smallest absolute Gasteiger partial charge is 0.423 e. The summed E-state index contributed by atoms with van der Waals surface area (Å²) in [4.78, 5) is 25.5. The Morgan fingerprint density at radius 2 is 1.56 bits per heavy atom. The van der Waals surface area contributed by atoms with Crippen LogP contribution in [0.4, 0.5) is 26.3 Å². The first-order valence-corrected chi connectivity index (χ1v) is 13.0. The van der Waals surface area contributed by atoms with Gasteiger partial charge in [0.1, 0.15) is 6.10 Å². The molecule has 0 aromatic rings. The van der Waals surface area contributed by atoms with E-state index in [0.29, 0.717) is 18.8 Å². The van der Waals surface area contributed by atoms with Crippen LogP contribution in [0.25, 0.3) is 0 Å². The lowest BCUT2D eigenvalue weighted by molar-refractivity contribution is -0.325.